The fourth-order valence-electron chi connectivity index (χ4n) is 2.04. The maximum Gasteiger partial charge on any atom is 0.194 e. The molecule has 0 N–H and O–H groups in total. The second-order valence-corrected chi connectivity index (χ2v) is 4.08. The summed E-state index contributed by atoms with van der Waals surface area (Å²) in [5, 5.41) is 0. The van der Waals surface area contributed by atoms with E-state index in [4.69, 9.17) is 9.47 Å². The van der Waals surface area contributed by atoms with Gasteiger partial charge in [-0.05, 0) is 19.9 Å². The van der Waals surface area contributed by atoms with Gasteiger partial charge in [-0.1, -0.05) is 24.3 Å². The maximum atomic E-state index is 12.4. The molecule has 0 fully saturated rings. The molecule has 0 aliphatic heterocycles. The molecule has 1 aromatic rings. The molecule has 0 heterocycles. The molecule has 100 valence electrons. The van der Waals surface area contributed by atoms with E-state index in [1.165, 1.54) is 6.08 Å². The van der Waals surface area contributed by atoms with E-state index in [1.807, 2.05) is 13.8 Å². The number of carbonyl (C=O) groups excluding carboxylic acids is 2. The molecule has 0 aromatic heterocycles. The Morgan fingerprint density at radius 3 is 2.16 bits per heavy atom. The Hall–Kier alpha value is -1.78. The number of benzene rings is 1. The highest BCUT2D eigenvalue weighted by Crippen LogP contribution is 2.24. The minimum Gasteiger partial charge on any atom is -0.349 e. The first kappa shape index (κ1) is 13.6. The van der Waals surface area contributed by atoms with Gasteiger partial charge in [-0.25, -0.2) is 0 Å². The minimum atomic E-state index is -0.778. The normalized spacial score (nSPS) is 14.6. The molecule has 1 aromatic carbocycles. The largest absolute Gasteiger partial charge is 0.349 e. The van der Waals surface area contributed by atoms with Crippen LogP contribution in [-0.2, 0) is 9.47 Å². The van der Waals surface area contributed by atoms with Crippen molar-refractivity contribution >= 4 is 11.6 Å². The van der Waals surface area contributed by atoms with Gasteiger partial charge in [0.25, 0.3) is 0 Å². The molecule has 0 spiro atoms. The van der Waals surface area contributed by atoms with E-state index in [-0.39, 0.29) is 17.1 Å². The summed E-state index contributed by atoms with van der Waals surface area (Å²) < 4.78 is 10.8. The van der Waals surface area contributed by atoms with Crippen molar-refractivity contribution in [2.75, 3.05) is 13.2 Å². The number of rotatable bonds is 5. The highest BCUT2D eigenvalue weighted by Gasteiger charge is 2.30. The summed E-state index contributed by atoms with van der Waals surface area (Å²) in [6.45, 7) is 4.45. The van der Waals surface area contributed by atoms with Crippen LogP contribution in [0.15, 0.2) is 35.9 Å². The van der Waals surface area contributed by atoms with Crippen molar-refractivity contribution in [2.24, 2.45) is 0 Å². The summed E-state index contributed by atoms with van der Waals surface area (Å²) in [4.78, 5) is 24.4. The fraction of sp³-hybridized carbons (Fsp3) is 0.333. The first-order valence-corrected chi connectivity index (χ1v) is 6.31. The standard InChI is InChI=1S/C15H16O4/c1-3-18-15(19-4-2)12-9-13(16)10-7-5-6-8-11(10)14(12)17/h5-9,15H,3-4H2,1-2H3. The van der Waals surface area contributed by atoms with Crippen LogP contribution in [0.25, 0.3) is 0 Å². The maximum absolute atomic E-state index is 12.4. The number of ether oxygens (including phenoxy) is 2. The van der Waals surface area contributed by atoms with Gasteiger partial charge < -0.3 is 9.47 Å². The molecule has 0 radical (unpaired) electrons. The number of carbonyl (C=O) groups is 2. The van der Waals surface area contributed by atoms with Crippen LogP contribution in [-0.4, -0.2) is 31.1 Å². The SMILES string of the molecule is CCOC(OCC)C1=CC(=O)c2ccccc2C1=O. The Morgan fingerprint density at radius 1 is 1.00 bits per heavy atom. The van der Waals surface area contributed by atoms with Gasteiger partial charge in [0.05, 0.1) is 5.57 Å². The van der Waals surface area contributed by atoms with Crippen LogP contribution < -0.4 is 0 Å². The highest BCUT2D eigenvalue weighted by molar-refractivity contribution is 6.24. The molecule has 0 bridgehead atoms. The van der Waals surface area contributed by atoms with Crippen molar-refractivity contribution in [3.63, 3.8) is 0 Å². The lowest BCUT2D eigenvalue weighted by Crippen LogP contribution is -2.29. The average molecular weight is 260 g/mol. The average Bonchev–Trinajstić information content (AvgIpc) is 2.43. The zero-order valence-electron chi connectivity index (χ0n) is 11.0. The van der Waals surface area contributed by atoms with Gasteiger partial charge in [0.1, 0.15) is 0 Å². The summed E-state index contributed by atoms with van der Waals surface area (Å²) in [5.41, 5.74) is 1.12. The summed E-state index contributed by atoms with van der Waals surface area (Å²) in [6, 6.07) is 6.78. The number of Topliss-reactive ketones (excluding diaryl/α,β-unsaturated/α-hetero) is 1. The molecule has 1 aliphatic rings. The molecule has 0 amide bonds. The van der Waals surface area contributed by atoms with E-state index < -0.39 is 6.29 Å². The smallest absolute Gasteiger partial charge is 0.194 e. The number of allylic oxidation sites excluding steroid dienone is 1. The van der Waals surface area contributed by atoms with Crippen LogP contribution in [0.3, 0.4) is 0 Å². The van der Waals surface area contributed by atoms with Gasteiger partial charge in [-0.15, -0.1) is 0 Å². The number of hydrogen-bond donors (Lipinski definition) is 0. The lowest BCUT2D eigenvalue weighted by atomic mass is 9.89. The summed E-state index contributed by atoms with van der Waals surface area (Å²) >= 11 is 0. The summed E-state index contributed by atoms with van der Waals surface area (Å²) in [5.74, 6) is -0.392. The van der Waals surface area contributed by atoms with Gasteiger partial charge in [0, 0.05) is 24.3 Å². The Labute approximate surface area is 112 Å². The van der Waals surface area contributed by atoms with Crippen LogP contribution >= 0.6 is 0 Å². The molecule has 0 saturated carbocycles. The number of hydrogen-bond acceptors (Lipinski definition) is 4. The van der Waals surface area contributed by atoms with Crippen molar-refractivity contribution in [1.29, 1.82) is 0 Å². The van der Waals surface area contributed by atoms with E-state index in [9.17, 15) is 9.59 Å². The van der Waals surface area contributed by atoms with Crippen molar-refractivity contribution in [1.82, 2.24) is 0 Å². The lowest BCUT2D eigenvalue weighted by molar-refractivity contribution is -0.109. The van der Waals surface area contributed by atoms with E-state index in [1.54, 1.807) is 24.3 Å². The van der Waals surface area contributed by atoms with Crippen LogP contribution in [0, 0.1) is 0 Å². The Balaban J connectivity index is 2.38. The quantitative estimate of drug-likeness (QED) is 0.763. The Morgan fingerprint density at radius 2 is 1.58 bits per heavy atom. The zero-order valence-corrected chi connectivity index (χ0v) is 11.0. The minimum absolute atomic E-state index is 0.186. The molecule has 19 heavy (non-hydrogen) atoms. The Kier molecular flexibility index (Phi) is 4.24. The third-order valence-corrected chi connectivity index (χ3v) is 2.88. The molecular weight excluding hydrogens is 244 g/mol. The second kappa shape index (κ2) is 5.91. The predicted octanol–water partition coefficient (Wildman–Crippen LogP) is 2.39. The van der Waals surface area contributed by atoms with E-state index >= 15 is 0 Å². The first-order valence-electron chi connectivity index (χ1n) is 6.31. The first-order chi connectivity index (χ1) is 9.19. The number of fused-ring (bicyclic) bond motifs is 1. The highest BCUT2D eigenvalue weighted by atomic mass is 16.7. The Bertz CT molecular complexity index is 525. The third-order valence-electron chi connectivity index (χ3n) is 2.88. The van der Waals surface area contributed by atoms with Crippen molar-refractivity contribution in [3.8, 4) is 0 Å². The van der Waals surface area contributed by atoms with Crippen LogP contribution in [0.2, 0.25) is 0 Å². The molecule has 1 aliphatic carbocycles. The van der Waals surface area contributed by atoms with Gasteiger partial charge in [-0.2, -0.15) is 0 Å². The summed E-state index contributed by atoms with van der Waals surface area (Å²) in [7, 11) is 0. The molecule has 4 nitrogen and oxygen atoms in total. The number of ketones is 2. The zero-order chi connectivity index (χ0) is 13.8. The van der Waals surface area contributed by atoms with Crippen molar-refractivity contribution in [3.05, 3.63) is 47.0 Å². The van der Waals surface area contributed by atoms with Crippen LogP contribution in [0.1, 0.15) is 34.6 Å². The van der Waals surface area contributed by atoms with Gasteiger partial charge in [-0.3, -0.25) is 9.59 Å². The van der Waals surface area contributed by atoms with Gasteiger partial charge in [0.15, 0.2) is 17.9 Å². The second-order valence-electron chi connectivity index (χ2n) is 4.08. The molecule has 4 heteroatoms. The van der Waals surface area contributed by atoms with Gasteiger partial charge in [0.2, 0.25) is 0 Å². The van der Waals surface area contributed by atoms with E-state index in [0.717, 1.165) is 0 Å². The topological polar surface area (TPSA) is 52.6 Å². The van der Waals surface area contributed by atoms with Crippen LogP contribution in [0.5, 0.6) is 0 Å². The predicted molar refractivity (Wildman–Crippen MR) is 70.2 cm³/mol. The molecule has 2 rings (SSSR count). The molecular formula is C15H16O4. The van der Waals surface area contributed by atoms with Crippen molar-refractivity contribution < 1.29 is 19.1 Å². The lowest BCUT2D eigenvalue weighted by Gasteiger charge is -2.22. The third kappa shape index (κ3) is 2.64. The molecule has 0 saturated heterocycles. The van der Waals surface area contributed by atoms with Crippen molar-refractivity contribution in [2.45, 2.75) is 20.1 Å². The fourth-order valence-corrected chi connectivity index (χ4v) is 2.04. The van der Waals surface area contributed by atoms with Crippen LogP contribution in [0.4, 0.5) is 0 Å². The molecule has 0 unspecified atom stereocenters. The monoisotopic (exact) mass is 260 g/mol. The summed E-state index contributed by atoms with van der Waals surface area (Å²) in [6.07, 6.45) is 0.542. The van der Waals surface area contributed by atoms with E-state index in [2.05, 4.69) is 0 Å². The van der Waals surface area contributed by atoms with E-state index in [0.29, 0.717) is 24.3 Å². The molecule has 0 atom stereocenters. The van der Waals surface area contributed by atoms with Gasteiger partial charge >= 0.3 is 0 Å².